The molecule has 0 aromatic heterocycles. The lowest BCUT2D eigenvalue weighted by atomic mass is 9.91. The minimum atomic E-state index is -0.764. The van der Waals surface area contributed by atoms with E-state index >= 15 is 0 Å². The minimum absolute atomic E-state index is 0.168. The Labute approximate surface area is 174 Å². The summed E-state index contributed by atoms with van der Waals surface area (Å²) < 4.78 is 12.2. The van der Waals surface area contributed by atoms with Crippen LogP contribution < -0.4 is 9.47 Å². The topological polar surface area (TPSA) is 59.0 Å². The average molecular weight is 448 g/mol. The second kappa shape index (κ2) is 9.43. The van der Waals surface area contributed by atoms with Crippen LogP contribution >= 0.6 is 15.9 Å². The van der Waals surface area contributed by atoms with Crippen molar-refractivity contribution in [2.75, 3.05) is 20.3 Å². The van der Waals surface area contributed by atoms with Gasteiger partial charge < -0.3 is 14.6 Å². The number of rotatable bonds is 7. The van der Waals surface area contributed by atoms with E-state index < -0.39 is 12.0 Å². The molecule has 28 heavy (non-hydrogen) atoms. The number of hydrogen-bond donors (Lipinski definition) is 1. The third-order valence-electron chi connectivity index (χ3n) is 5.15. The van der Waals surface area contributed by atoms with Crippen molar-refractivity contribution >= 4 is 21.9 Å². The summed E-state index contributed by atoms with van der Waals surface area (Å²) in [5.74, 6) is 0.585. The van der Waals surface area contributed by atoms with Crippen LogP contribution in [0.25, 0.3) is 0 Å². The smallest absolute Gasteiger partial charge is 0.320 e. The predicted octanol–water partition coefficient (Wildman–Crippen LogP) is 4.88. The number of benzene rings is 2. The summed E-state index contributed by atoms with van der Waals surface area (Å²) in [6.07, 6.45) is 2.59. The Hall–Kier alpha value is -2.05. The molecule has 150 valence electrons. The van der Waals surface area contributed by atoms with Crippen LogP contribution in [0.3, 0.4) is 0 Å². The molecule has 2 aromatic carbocycles. The van der Waals surface area contributed by atoms with Gasteiger partial charge in [0, 0.05) is 4.47 Å². The molecule has 2 aromatic rings. The summed E-state index contributed by atoms with van der Waals surface area (Å²) in [4.78, 5) is 14.1. The molecule has 0 aliphatic carbocycles. The molecule has 2 atom stereocenters. The molecule has 1 aliphatic heterocycles. The molecule has 0 saturated carbocycles. The van der Waals surface area contributed by atoms with Gasteiger partial charge in [0.2, 0.25) is 0 Å². The van der Waals surface area contributed by atoms with Crippen LogP contribution in [0.4, 0.5) is 0 Å². The lowest BCUT2D eigenvalue weighted by Gasteiger charge is -2.39. The van der Waals surface area contributed by atoms with E-state index in [0.29, 0.717) is 24.5 Å². The van der Waals surface area contributed by atoms with Gasteiger partial charge in [0.25, 0.3) is 0 Å². The maximum absolute atomic E-state index is 12.0. The van der Waals surface area contributed by atoms with Crippen molar-refractivity contribution in [3.05, 3.63) is 58.1 Å². The van der Waals surface area contributed by atoms with Gasteiger partial charge in [0.1, 0.15) is 6.04 Å². The van der Waals surface area contributed by atoms with E-state index in [1.807, 2.05) is 49.4 Å². The second-order valence-electron chi connectivity index (χ2n) is 6.89. The van der Waals surface area contributed by atoms with Crippen molar-refractivity contribution < 1.29 is 19.4 Å². The highest BCUT2D eigenvalue weighted by molar-refractivity contribution is 9.10. The van der Waals surface area contributed by atoms with E-state index in [1.54, 1.807) is 7.11 Å². The quantitative estimate of drug-likeness (QED) is 0.654. The van der Waals surface area contributed by atoms with Crippen molar-refractivity contribution in [3.8, 4) is 11.5 Å². The first-order valence-electron chi connectivity index (χ1n) is 9.60. The number of likely N-dealkylation sites (tertiary alicyclic amines) is 1. The number of nitrogens with zero attached hydrogens (tertiary/aromatic N) is 1. The molecule has 1 heterocycles. The Morgan fingerprint density at radius 1 is 1.18 bits per heavy atom. The fourth-order valence-corrected chi connectivity index (χ4v) is 4.14. The monoisotopic (exact) mass is 447 g/mol. The number of aliphatic carboxylic acids is 1. The first kappa shape index (κ1) is 20.7. The number of ether oxygens (including phenoxy) is 2. The molecule has 0 amide bonds. The molecule has 5 nitrogen and oxygen atoms in total. The number of carboxylic acids is 1. The summed E-state index contributed by atoms with van der Waals surface area (Å²) >= 11 is 3.49. The van der Waals surface area contributed by atoms with Gasteiger partial charge in [-0.3, -0.25) is 9.69 Å². The van der Waals surface area contributed by atoms with Gasteiger partial charge in [-0.25, -0.2) is 0 Å². The normalized spacial score (nSPS) is 18.5. The largest absolute Gasteiger partial charge is 0.493 e. The summed E-state index contributed by atoms with van der Waals surface area (Å²) in [7, 11) is 1.62. The van der Waals surface area contributed by atoms with Gasteiger partial charge in [-0.1, -0.05) is 40.5 Å². The van der Waals surface area contributed by atoms with Gasteiger partial charge in [0.05, 0.1) is 19.8 Å². The number of carbonyl (C=O) groups is 1. The Morgan fingerprint density at radius 3 is 2.54 bits per heavy atom. The summed E-state index contributed by atoms with van der Waals surface area (Å²) in [5, 5.41) is 9.82. The van der Waals surface area contributed by atoms with E-state index in [4.69, 9.17) is 9.47 Å². The summed E-state index contributed by atoms with van der Waals surface area (Å²) in [6, 6.07) is 13.3. The number of hydrogen-bond acceptors (Lipinski definition) is 4. The number of halogens is 1. The van der Waals surface area contributed by atoms with Crippen LogP contribution in [-0.4, -0.2) is 42.3 Å². The highest BCUT2D eigenvalue weighted by Gasteiger charge is 2.35. The standard InChI is InChI=1S/C22H26BrNO4/c1-3-28-19-12-9-16(14-20(19)27-2)21(15-7-10-17(23)11-8-15)24-13-5-4-6-18(24)22(25)26/h7-12,14,18,21H,3-6,13H2,1-2H3,(H,25,26). The first-order valence-corrected chi connectivity index (χ1v) is 10.4. The average Bonchev–Trinajstić information content (AvgIpc) is 2.71. The highest BCUT2D eigenvalue weighted by Crippen LogP contribution is 2.38. The van der Waals surface area contributed by atoms with Gasteiger partial charge in [-0.05, 0) is 61.7 Å². The molecular weight excluding hydrogens is 422 g/mol. The number of carboxylic acid groups (broad SMARTS) is 1. The van der Waals surface area contributed by atoms with Crippen molar-refractivity contribution in [1.82, 2.24) is 4.90 Å². The first-order chi connectivity index (χ1) is 13.5. The number of methoxy groups -OCH3 is 1. The molecule has 0 radical (unpaired) electrons. The van der Waals surface area contributed by atoms with Crippen LogP contribution in [-0.2, 0) is 4.79 Å². The van der Waals surface area contributed by atoms with E-state index in [2.05, 4.69) is 20.8 Å². The van der Waals surface area contributed by atoms with Gasteiger partial charge >= 0.3 is 5.97 Å². The molecule has 6 heteroatoms. The lowest BCUT2D eigenvalue weighted by Crippen LogP contribution is -2.46. The van der Waals surface area contributed by atoms with Gasteiger partial charge in [-0.2, -0.15) is 0 Å². The molecule has 1 fully saturated rings. The van der Waals surface area contributed by atoms with E-state index in [-0.39, 0.29) is 6.04 Å². The molecule has 0 bridgehead atoms. The summed E-state index contributed by atoms with van der Waals surface area (Å²) in [5.41, 5.74) is 2.05. The van der Waals surface area contributed by atoms with Gasteiger partial charge in [-0.15, -0.1) is 0 Å². The molecular formula is C22H26BrNO4. The van der Waals surface area contributed by atoms with Crippen molar-refractivity contribution in [3.63, 3.8) is 0 Å². The van der Waals surface area contributed by atoms with Crippen molar-refractivity contribution in [2.45, 2.75) is 38.3 Å². The Bertz CT molecular complexity index is 809. The molecule has 3 rings (SSSR count). The fourth-order valence-electron chi connectivity index (χ4n) is 3.88. The highest BCUT2D eigenvalue weighted by atomic mass is 79.9. The fraction of sp³-hybridized carbons (Fsp3) is 0.409. The van der Waals surface area contributed by atoms with Crippen LogP contribution in [0.5, 0.6) is 11.5 Å². The van der Waals surface area contributed by atoms with Crippen LogP contribution in [0.2, 0.25) is 0 Å². The Balaban J connectivity index is 2.08. The zero-order valence-corrected chi connectivity index (χ0v) is 17.8. The van der Waals surface area contributed by atoms with Crippen molar-refractivity contribution in [2.24, 2.45) is 0 Å². The van der Waals surface area contributed by atoms with Crippen LogP contribution in [0.1, 0.15) is 43.4 Å². The second-order valence-corrected chi connectivity index (χ2v) is 7.80. The predicted molar refractivity (Wildman–Crippen MR) is 112 cm³/mol. The third-order valence-corrected chi connectivity index (χ3v) is 5.68. The number of piperidine rings is 1. The van der Waals surface area contributed by atoms with Crippen molar-refractivity contribution in [1.29, 1.82) is 0 Å². The van der Waals surface area contributed by atoms with Crippen LogP contribution in [0, 0.1) is 0 Å². The van der Waals surface area contributed by atoms with E-state index in [0.717, 1.165) is 35.0 Å². The molecule has 0 spiro atoms. The minimum Gasteiger partial charge on any atom is -0.493 e. The molecule has 1 aliphatic rings. The zero-order valence-electron chi connectivity index (χ0n) is 16.2. The van der Waals surface area contributed by atoms with Gasteiger partial charge in [0.15, 0.2) is 11.5 Å². The maximum Gasteiger partial charge on any atom is 0.320 e. The van der Waals surface area contributed by atoms with E-state index in [9.17, 15) is 9.90 Å². The SMILES string of the molecule is CCOc1ccc(C(c2ccc(Br)cc2)N2CCCCC2C(=O)O)cc1OC. The molecule has 1 N–H and O–H groups in total. The maximum atomic E-state index is 12.0. The van der Waals surface area contributed by atoms with E-state index in [1.165, 1.54) is 0 Å². The summed E-state index contributed by atoms with van der Waals surface area (Å²) in [6.45, 7) is 3.23. The third kappa shape index (κ3) is 4.50. The Kier molecular flexibility index (Phi) is 6.97. The van der Waals surface area contributed by atoms with Crippen LogP contribution in [0.15, 0.2) is 46.9 Å². The molecule has 2 unspecified atom stereocenters. The lowest BCUT2D eigenvalue weighted by molar-refractivity contribution is -0.145. The zero-order chi connectivity index (χ0) is 20.1. The molecule has 1 saturated heterocycles. The Morgan fingerprint density at radius 2 is 1.89 bits per heavy atom.